The lowest BCUT2D eigenvalue weighted by molar-refractivity contribution is 0.0746. The van der Waals surface area contributed by atoms with Crippen LogP contribution in [0.5, 0.6) is 0 Å². The van der Waals surface area contributed by atoms with Crippen LogP contribution in [0.4, 0.5) is 0 Å². The molecule has 1 aromatic carbocycles. The van der Waals surface area contributed by atoms with E-state index in [0.717, 1.165) is 32.5 Å². The highest BCUT2D eigenvalue weighted by molar-refractivity contribution is 6.42. The molecule has 0 saturated carbocycles. The van der Waals surface area contributed by atoms with Gasteiger partial charge >= 0.3 is 0 Å². The third kappa shape index (κ3) is 3.61. The number of nitrogens with one attached hydrogen (secondary N) is 1. The fourth-order valence-corrected chi connectivity index (χ4v) is 2.63. The monoisotopic (exact) mass is 287 g/mol. The van der Waals surface area contributed by atoms with Crippen LogP contribution in [0.25, 0.3) is 0 Å². The smallest absolute Gasteiger partial charge is 0.0595 e. The van der Waals surface area contributed by atoms with E-state index < -0.39 is 0 Å². The summed E-state index contributed by atoms with van der Waals surface area (Å²) in [7, 11) is 0. The number of hydrogen-bond donors (Lipinski definition) is 1. The molecule has 0 radical (unpaired) electrons. The molecule has 1 fully saturated rings. The molecule has 1 aliphatic heterocycles. The molecule has 0 aromatic heterocycles. The van der Waals surface area contributed by atoms with Crippen LogP contribution in [0.2, 0.25) is 10.0 Å². The summed E-state index contributed by atoms with van der Waals surface area (Å²) in [4.78, 5) is 0. The zero-order valence-corrected chi connectivity index (χ0v) is 12.1. The highest BCUT2D eigenvalue weighted by Crippen LogP contribution is 2.27. The van der Waals surface area contributed by atoms with Gasteiger partial charge in [-0.3, -0.25) is 0 Å². The second kappa shape index (κ2) is 6.76. The predicted octanol–water partition coefficient (Wildman–Crippen LogP) is 4.21. The van der Waals surface area contributed by atoms with Gasteiger partial charge in [-0.25, -0.2) is 0 Å². The molecule has 0 aliphatic carbocycles. The molecule has 1 aromatic rings. The third-order valence-electron chi connectivity index (χ3n) is 3.41. The number of rotatable bonds is 4. The van der Waals surface area contributed by atoms with E-state index in [2.05, 4.69) is 18.3 Å². The highest BCUT2D eigenvalue weighted by atomic mass is 35.5. The van der Waals surface area contributed by atoms with Gasteiger partial charge in [-0.15, -0.1) is 0 Å². The Bertz CT molecular complexity index is 391. The molecule has 1 unspecified atom stereocenters. The van der Waals surface area contributed by atoms with Crippen LogP contribution in [0.1, 0.15) is 37.8 Å². The maximum atomic E-state index is 6.08. The van der Waals surface area contributed by atoms with Crippen molar-refractivity contribution in [3.05, 3.63) is 33.8 Å². The number of benzene rings is 1. The minimum Gasteiger partial charge on any atom is -0.381 e. The predicted molar refractivity (Wildman–Crippen MR) is 76.5 cm³/mol. The normalized spacial score (nSPS) is 18.8. The Kier molecular flexibility index (Phi) is 5.31. The van der Waals surface area contributed by atoms with Crippen molar-refractivity contribution in [2.24, 2.45) is 0 Å². The van der Waals surface area contributed by atoms with Crippen molar-refractivity contribution < 1.29 is 4.74 Å². The molecule has 2 nitrogen and oxygen atoms in total. The second-order valence-electron chi connectivity index (χ2n) is 4.69. The summed E-state index contributed by atoms with van der Waals surface area (Å²) in [5, 5.41) is 4.93. The van der Waals surface area contributed by atoms with E-state index in [0.29, 0.717) is 22.1 Å². The van der Waals surface area contributed by atoms with Crippen molar-refractivity contribution in [1.82, 2.24) is 5.32 Å². The van der Waals surface area contributed by atoms with Crippen LogP contribution < -0.4 is 5.32 Å². The van der Waals surface area contributed by atoms with Gasteiger partial charge < -0.3 is 10.1 Å². The van der Waals surface area contributed by atoms with E-state index in [9.17, 15) is 0 Å². The minimum atomic E-state index is 0.336. The van der Waals surface area contributed by atoms with E-state index in [1.807, 2.05) is 12.1 Å². The Labute approximate surface area is 119 Å². The van der Waals surface area contributed by atoms with Crippen LogP contribution in [-0.2, 0) is 4.74 Å². The lowest BCUT2D eigenvalue weighted by atomic mass is 10.0. The molecule has 0 amide bonds. The maximum absolute atomic E-state index is 6.08. The van der Waals surface area contributed by atoms with E-state index >= 15 is 0 Å². The fourth-order valence-electron chi connectivity index (χ4n) is 2.33. The summed E-state index contributed by atoms with van der Waals surface area (Å²) in [6.45, 7) is 3.89. The van der Waals surface area contributed by atoms with Crippen molar-refractivity contribution >= 4 is 23.2 Å². The van der Waals surface area contributed by atoms with Crippen molar-refractivity contribution in [3.8, 4) is 0 Å². The van der Waals surface area contributed by atoms with E-state index in [1.165, 1.54) is 5.56 Å². The zero-order valence-electron chi connectivity index (χ0n) is 10.6. The molecule has 1 saturated heterocycles. The Morgan fingerprint density at radius 2 is 2.00 bits per heavy atom. The number of halogens is 2. The van der Waals surface area contributed by atoms with Crippen molar-refractivity contribution in [2.75, 3.05) is 13.2 Å². The Morgan fingerprint density at radius 3 is 2.61 bits per heavy atom. The van der Waals surface area contributed by atoms with Gasteiger partial charge in [0.05, 0.1) is 10.0 Å². The molecule has 1 aliphatic rings. The average Bonchev–Trinajstić information content (AvgIpc) is 2.40. The summed E-state index contributed by atoms with van der Waals surface area (Å²) in [5.74, 6) is 0. The average molecular weight is 288 g/mol. The zero-order chi connectivity index (χ0) is 13.0. The largest absolute Gasteiger partial charge is 0.381 e. The molecule has 100 valence electrons. The van der Waals surface area contributed by atoms with Gasteiger partial charge in [0.25, 0.3) is 0 Å². The van der Waals surface area contributed by atoms with Crippen LogP contribution in [0.3, 0.4) is 0 Å². The van der Waals surface area contributed by atoms with Crippen LogP contribution in [-0.4, -0.2) is 19.3 Å². The summed E-state index contributed by atoms with van der Waals surface area (Å²) < 4.78 is 5.38. The first kappa shape index (κ1) is 14.1. The Morgan fingerprint density at radius 1 is 1.28 bits per heavy atom. The van der Waals surface area contributed by atoms with E-state index in [1.54, 1.807) is 0 Å². The SMILES string of the molecule is CCC(NC1CCOCC1)c1ccc(Cl)c(Cl)c1. The Balaban J connectivity index is 2.04. The van der Waals surface area contributed by atoms with Crippen molar-refractivity contribution in [1.29, 1.82) is 0 Å². The minimum absolute atomic E-state index is 0.336. The van der Waals surface area contributed by atoms with Gasteiger partial charge in [-0.05, 0) is 37.0 Å². The molecular formula is C14H19Cl2NO. The van der Waals surface area contributed by atoms with Gasteiger partial charge in [0, 0.05) is 25.3 Å². The lowest BCUT2D eigenvalue weighted by Gasteiger charge is -2.28. The van der Waals surface area contributed by atoms with Crippen LogP contribution in [0, 0.1) is 0 Å². The number of hydrogen-bond acceptors (Lipinski definition) is 2. The van der Waals surface area contributed by atoms with Crippen molar-refractivity contribution in [3.63, 3.8) is 0 Å². The molecule has 0 bridgehead atoms. The molecule has 4 heteroatoms. The standard InChI is InChI=1S/C14H19Cl2NO/c1-2-14(17-11-5-7-18-8-6-11)10-3-4-12(15)13(16)9-10/h3-4,9,11,14,17H,2,5-8H2,1H3. The quantitative estimate of drug-likeness (QED) is 0.896. The van der Waals surface area contributed by atoms with Crippen molar-refractivity contribution in [2.45, 2.75) is 38.3 Å². The van der Waals surface area contributed by atoms with Gasteiger partial charge in [-0.1, -0.05) is 36.2 Å². The Hall–Kier alpha value is -0.280. The topological polar surface area (TPSA) is 21.3 Å². The molecule has 0 spiro atoms. The molecule has 1 N–H and O–H groups in total. The van der Waals surface area contributed by atoms with Gasteiger partial charge in [-0.2, -0.15) is 0 Å². The number of ether oxygens (including phenoxy) is 1. The fraction of sp³-hybridized carbons (Fsp3) is 0.571. The molecule has 2 rings (SSSR count). The third-order valence-corrected chi connectivity index (χ3v) is 4.15. The van der Waals surface area contributed by atoms with Gasteiger partial charge in [0.15, 0.2) is 0 Å². The first-order chi connectivity index (χ1) is 8.70. The first-order valence-corrected chi connectivity index (χ1v) is 7.25. The molecule has 18 heavy (non-hydrogen) atoms. The summed E-state index contributed by atoms with van der Waals surface area (Å²) in [6.07, 6.45) is 3.20. The van der Waals surface area contributed by atoms with Crippen LogP contribution >= 0.6 is 23.2 Å². The molecular weight excluding hydrogens is 269 g/mol. The molecule has 1 heterocycles. The second-order valence-corrected chi connectivity index (χ2v) is 5.50. The summed E-state index contributed by atoms with van der Waals surface area (Å²) in [6, 6.07) is 6.76. The molecule has 1 atom stereocenters. The summed E-state index contributed by atoms with van der Waals surface area (Å²) in [5.41, 5.74) is 1.21. The van der Waals surface area contributed by atoms with Gasteiger partial charge in [0.2, 0.25) is 0 Å². The van der Waals surface area contributed by atoms with Gasteiger partial charge in [0.1, 0.15) is 0 Å². The van der Waals surface area contributed by atoms with E-state index in [-0.39, 0.29) is 0 Å². The summed E-state index contributed by atoms with van der Waals surface area (Å²) >= 11 is 12.0. The van der Waals surface area contributed by atoms with E-state index in [4.69, 9.17) is 27.9 Å². The first-order valence-electron chi connectivity index (χ1n) is 6.49. The maximum Gasteiger partial charge on any atom is 0.0595 e. The lowest BCUT2D eigenvalue weighted by Crippen LogP contribution is -2.37. The highest BCUT2D eigenvalue weighted by Gasteiger charge is 2.18. The van der Waals surface area contributed by atoms with Crippen LogP contribution in [0.15, 0.2) is 18.2 Å².